The molecule has 0 spiro atoms. The van der Waals surface area contributed by atoms with Gasteiger partial charge in [0.25, 0.3) is 0 Å². The number of fused-ring (bicyclic) bond motifs is 9. The second-order valence-corrected chi connectivity index (χ2v) is 14.8. The standard InChI is InChI=1S/C53H32N4O/c1-2-11-33(12-3-1)35-21-24-37(25-22-35)51-54-52(39-26-23-34-13-4-5-15-38(34)31-39)56-53(55-51)43-18-10-20-48-50(43)44-32-40(28-30-47(44)58-48)57-45-19-9-8-17-42(45)49-41-16-7-6-14-36(41)27-29-46(49)57/h1-32H. The lowest BCUT2D eigenvalue weighted by molar-refractivity contribution is 0.669. The average molecular weight is 741 g/mol. The maximum absolute atomic E-state index is 6.57. The van der Waals surface area contributed by atoms with Gasteiger partial charge in [-0.15, -0.1) is 0 Å². The predicted octanol–water partition coefficient (Wildman–Crippen LogP) is 13.8. The largest absolute Gasteiger partial charge is 0.456 e. The molecule has 0 N–H and O–H groups in total. The van der Waals surface area contributed by atoms with Crippen molar-refractivity contribution in [1.82, 2.24) is 19.5 Å². The van der Waals surface area contributed by atoms with Gasteiger partial charge in [-0.3, -0.25) is 0 Å². The summed E-state index contributed by atoms with van der Waals surface area (Å²) in [6, 6.07) is 68.0. The number of aromatic nitrogens is 4. The van der Waals surface area contributed by atoms with Crippen LogP contribution in [-0.2, 0) is 0 Å². The van der Waals surface area contributed by atoms with E-state index in [1.165, 1.54) is 26.9 Å². The molecule has 0 aliphatic carbocycles. The molecule has 0 saturated carbocycles. The van der Waals surface area contributed by atoms with Crippen molar-refractivity contribution in [3.05, 3.63) is 194 Å². The summed E-state index contributed by atoms with van der Waals surface area (Å²) in [6.07, 6.45) is 0. The Morgan fingerprint density at radius 1 is 0.345 bits per heavy atom. The predicted molar refractivity (Wildman–Crippen MR) is 238 cm³/mol. The SMILES string of the molecule is c1ccc(-c2ccc(-c3nc(-c4ccc5ccccc5c4)nc(-c4cccc5oc6ccc(-n7c8ccccc8c8c9ccccc9ccc87)cc6c45)n3)cc2)cc1. The molecule has 12 aromatic rings. The lowest BCUT2D eigenvalue weighted by Crippen LogP contribution is -2.00. The second kappa shape index (κ2) is 12.8. The molecule has 5 nitrogen and oxygen atoms in total. The summed E-state index contributed by atoms with van der Waals surface area (Å²) in [5.74, 6) is 1.80. The van der Waals surface area contributed by atoms with Crippen molar-refractivity contribution in [2.45, 2.75) is 0 Å². The molecule has 0 fully saturated rings. The van der Waals surface area contributed by atoms with Gasteiger partial charge in [0.05, 0.1) is 11.0 Å². The number of furan rings is 1. The molecule has 0 bridgehead atoms. The smallest absolute Gasteiger partial charge is 0.164 e. The number of benzene rings is 9. The van der Waals surface area contributed by atoms with Crippen LogP contribution in [0.1, 0.15) is 0 Å². The minimum atomic E-state index is 0.585. The molecular weight excluding hydrogens is 709 g/mol. The van der Waals surface area contributed by atoms with Gasteiger partial charge in [-0.1, -0.05) is 152 Å². The van der Waals surface area contributed by atoms with Gasteiger partial charge in [0, 0.05) is 43.9 Å². The Labute approximate surface area is 333 Å². The van der Waals surface area contributed by atoms with Crippen LogP contribution in [0.5, 0.6) is 0 Å². The van der Waals surface area contributed by atoms with E-state index in [-0.39, 0.29) is 0 Å². The van der Waals surface area contributed by atoms with Crippen molar-refractivity contribution in [3.63, 3.8) is 0 Å². The van der Waals surface area contributed by atoms with Gasteiger partial charge in [-0.2, -0.15) is 0 Å². The van der Waals surface area contributed by atoms with Crippen LogP contribution < -0.4 is 0 Å². The van der Waals surface area contributed by atoms with Gasteiger partial charge in [0.2, 0.25) is 0 Å². The quantitative estimate of drug-likeness (QED) is 0.176. The van der Waals surface area contributed by atoms with Crippen LogP contribution in [0.4, 0.5) is 0 Å². The Morgan fingerprint density at radius 3 is 1.86 bits per heavy atom. The van der Waals surface area contributed by atoms with Crippen LogP contribution in [0.25, 0.3) is 116 Å². The summed E-state index contributed by atoms with van der Waals surface area (Å²) < 4.78 is 8.94. The van der Waals surface area contributed by atoms with Crippen molar-refractivity contribution in [2.75, 3.05) is 0 Å². The molecule has 0 radical (unpaired) electrons. The normalized spacial score (nSPS) is 11.8. The van der Waals surface area contributed by atoms with Crippen LogP contribution in [0.3, 0.4) is 0 Å². The molecular formula is C53H32N4O. The molecule has 3 heterocycles. The average Bonchev–Trinajstić information content (AvgIpc) is 3.85. The van der Waals surface area contributed by atoms with Crippen LogP contribution in [0.15, 0.2) is 199 Å². The Hall–Kier alpha value is -7.89. The number of nitrogens with zero attached hydrogens (tertiary/aromatic N) is 4. The first-order valence-electron chi connectivity index (χ1n) is 19.5. The summed E-state index contributed by atoms with van der Waals surface area (Å²) in [5, 5.41) is 9.21. The Bertz CT molecular complexity index is 3560. The summed E-state index contributed by atoms with van der Waals surface area (Å²) >= 11 is 0. The van der Waals surface area contributed by atoms with E-state index in [1.807, 2.05) is 18.2 Å². The molecule has 3 aromatic heterocycles. The van der Waals surface area contributed by atoms with E-state index < -0.39 is 0 Å². The zero-order chi connectivity index (χ0) is 38.2. The first kappa shape index (κ1) is 32.4. The van der Waals surface area contributed by atoms with Crippen molar-refractivity contribution < 1.29 is 4.42 Å². The van der Waals surface area contributed by atoms with Gasteiger partial charge in [0.1, 0.15) is 11.2 Å². The number of hydrogen-bond acceptors (Lipinski definition) is 4. The maximum atomic E-state index is 6.57. The number of para-hydroxylation sites is 1. The Kier molecular flexibility index (Phi) is 7.16. The van der Waals surface area contributed by atoms with E-state index in [0.29, 0.717) is 17.5 Å². The fourth-order valence-corrected chi connectivity index (χ4v) is 8.68. The topological polar surface area (TPSA) is 56.7 Å². The molecule has 270 valence electrons. The minimum Gasteiger partial charge on any atom is -0.456 e. The van der Waals surface area contributed by atoms with Gasteiger partial charge >= 0.3 is 0 Å². The molecule has 12 rings (SSSR count). The van der Waals surface area contributed by atoms with Crippen LogP contribution in [0.2, 0.25) is 0 Å². The summed E-state index contributed by atoms with van der Waals surface area (Å²) in [7, 11) is 0. The number of hydrogen-bond donors (Lipinski definition) is 0. The fraction of sp³-hybridized carbons (Fsp3) is 0. The Morgan fingerprint density at radius 2 is 1.00 bits per heavy atom. The van der Waals surface area contributed by atoms with Gasteiger partial charge in [0.15, 0.2) is 17.5 Å². The molecule has 9 aromatic carbocycles. The monoisotopic (exact) mass is 740 g/mol. The lowest BCUT2D eigenvalue weighted by atomic mass is 10.0. The van der Waals surface area contributed by atoms with E-state index in [4.69, 9.17) is 19.4 Å². The molecule has 0 amide bonds. The molecule has 0 saturated heterocycles. The summed E-state index contributed by atoms with van der Waals surface area (Å²) in [5.41, 5.74) is 9.97. The first-order valence-corrected chi connectivity index (χ1v) is 19.5. The van der Waals surface area contributed by atoms with Crippen molar-refractivity contribution in [3.8, 4) is 51.0 Å². The number of rotatable bonds is 5. The Balaban J connectivity index is 1.07. The highest BCUT2D eigenvalue weighted by molar-refractivity contribution is 6.21. The second-order valence-electron chi connectivity index (χ2n) is 14.8. The summed E-state index contributed by atoms with van der Waals surface area (Å²) in [6.45, 7) is 0. The zero-order valence-electron chi connectivity index (χ0n) is 31.2. The maximum Gasteiger partial charge on any atom is 0.164 e. The van der Waals surface area contributed by atoms with E-state index in [1.54, 1.807) is 0 Å². The molecule has 0 atom stereocenters. The molecule has 0 unspecified atom stereocenters. The third-order valence-electron chi connectivity index (χ3n) is 11.4. The van der Waals surface area contributed by atoms with Crippen LogP contribution >= 0.6 is 0 Å². The van der Waals surface area contributed by atoms with Crippen molar-refractivity contribution >= 4 is 65.3 Å². The van der Waals surface area contributed by atoms with E-state index in [0.717, 1.165) is 71.9 Å². The van der Waals surface area contributed by atoms with Gasteiger partial charge in [-0.25, -0.2) is 15.0 Å². The zero-order valence-corrected chi connectivity index (χ0v) is 31.2. The molecule has 0 aliphatic rings. The highest BCUT2D eigenvalue weighted by Gasteiger charge is 2.20. The van der Waals surface area contributed by atoms with Crippen LogP contribution in [-0.4, -0.2) is 19.5 Å². The molecule has 0 aliphatic heterocycles. The van der Waals surface area contributed by atoms with Crippen LogP contribution in [0, 0.1) is 0 Å². The highest BCUT2D eigenvalue weighted by atomic mass is 16.3. The van der Waals surface area contributed by atoms with E-state index >= 15 is 0 Å². The van der Waals surface area contributed by atoms with Crippen molar-refractivity contribution in [1.29, 1.82) is 0 Å². The third kappa shape index (κ3) is 5.14. The lowest BCUT2D eigenvalue weighted by Gasteiger charge is -2.11. The van der Waals surface area contributed by atoms with Gasteiger partial charge in [-0.05, 0) is 75.1 Å². The third-order valence-corrected chi connectivity index (χ3v) is 11.4. The van der Waals surface area contributed by atoms with Gasteiger partial charge < -0.3 is 8.98 Å². The molecule has 58 heavy (non-hydrogen) atoms. The minimum absolute atomic E-state index is 0.585. The highest BCUT2D eigenvalue weighted by Crippen LogP contribution is 2.41. The van der Waals surface area contributed by atoms with Crippen molar-refractivity contribution in [2.24, 2.45) is 0 Å². The summed E-state index contributed by atoms with van der Waals surface area (Å²) in [4.78, 5) is 15.6. The molecule has 5 heteroatoms. The first-order chi connectivity index (χ1) is 28.7. The van der Waals surface area contributed by atoms with E-state index in [2.05, 4.69) is 180 Å². The fourth-order valence-electron chi connectivity index (χ4n) is 8.68. The van der Waals surface area contributed by atoms with E-state index in [9.17, 15) is 0 Å².